The van der Waals surface area contributed by atoms with Gasteiger partial charge in [-0.2, -0.15) is 0 Å². The van der Waals surface area contributed by atoms with Crippen molar-refractivity contribution in [3.63, 3.8) is 0 Å². The molecule has 1 aromatic carbocycles. The van der Waals surface area contributed by atoms with Gasteiger partial charge >= 0.3 is 0 Å². The van der Waals surface area contributed by atoms with Crippen molar-refractivity contribution in [2.75, 3.05) is 20.8 Å². The second-order valence-corrected chi connectivity index (χ2v) is 3.43. The van der Waals surface area contributed by atoms with Crippen molar-refractivity contribution in [2.24, 2.45) is 5.11 Å². The number of rotatable bonds is 5. The lowest BCUT2D eigenvalue weighted by molar-refractivity contribution is 0.112. The lowest BCUT2D eigenvalue weighted by Gasteiger charge is -2.10. The molecular weight excluding hydrogens is 246 g/mol. The van der Waals surface area contributed by atoms with E-state index in [0.29, 0.717) is 41.9 Å². The molecule has 0 bridgehead atoms. The normalized spacial score (nSPS) is 8.74. The second kappa shape index (κ2) is 7.64. The molecule has 1 rings (SSSR count). The summed E-state index contributed by atoms with van der Waals surface area (Å²) >= 11 is 0. The zero-order valence-corrected chi connectivity index (χ0v) is 10.7. The first-order valence-electron chi connectivity index (χ1n) is 5.47. The molecule has 19 heavy (non-hydrogen) atoms. The summed E-state index contributed by atoms with van der Waals surface area (Å²) in [7, 11) is 2.99. The highest BCUT2D eigenvalue weighted by molar-refractivity contribution is 5.78. The Kier molecular flexibility index (Phi) is 5.80. The van der Waals surface area contributed by atoms with Gasteiger partial charge in [0.25, 0.3) is 0 Å². The van der Waals surface area contributed by atoms with Crippen molar-refractivity contribution in [1.82, 2.24) is 0 Å². The zero-order valence-electron chi connectivity index (χ0n) is 10.7. The van der Waals surface area contributed by atoms with Crippen LogP contribution in [-0.2, 0) is 0 Å². The maximum Gasteiger partial charge on any atom is 0.176 e. The molecule has 0 unspecified atom stereocenters. The van der Waals surface area contributed by atoms with E-state index in [9.17, 15) is 4.79 Å². The average Bonchev–Trinajstić information content (AvgIpc) is 2.45. The molecular formula is C13H13N3O3. The summed E-state index contributed by atoms with van der Waals surface area (Å²) in [5.41, 5.74) is 9.15. The van der Waals surface area contributed by atoms with Crippen molar-refractivity contribution < 1.29 is 14.3 Å². The predicted molar refractivity (Wildman–Crippen MR) is 70.4 cm³/mol. The SMILES string of the molecule is COc1cc(C=O)cc(C#CCCN=[N+]=[N-])c1OC. The molecule has 0 fully saturated rings. The van der Waals surface area contributed by atoms with Gasteiger partial charge in [-0.1, -0.05) is 17.0 Å². The smallest absolute Gasteiger partial charge is 0.176 e. The van der Waals surface area contributed by atoms with Gasteiger partial charge in [-0.25, -0.2) is 0 Å². The summed E-state index contributed by atoms with van der Waals surface area (Å²) in [6, 6.07) is 3.20. The standard InChI is InChI=1S/C13H13N3O3/c1-18-12-8-10(9-17)7-11(13(12)19-2)5-3-4-6-15-16-14/h7-9H,4,6H2,1-2H3. The van der Waals surface area contributed by atoms with Crippen molar-refractivity contribution in [3.05, 3.63) is 33.7 Å². The Morgan fingerprint density at radius 2 is 2.21 bits per heavy atom. The Hall–Kier alpha value is -2.64. The summed E-state index contributed by atoms with van der Waals surface area (Å²) in [5, 5.41) is 3.38. The number of carbonyl (C=O) groups is 1. The van der Waals surface area contributed by atoms with E-state index in [1.807, 2.05) is 0 Å². The van der Waals surface area contributed by atoms with Crippen LogP contribution in [0.25, 0.3) is 10.4 Å². The molecule has 6 nitrogen and oxygen atoms in total. The van der Waals surface area contributed by atoms with Gasteiger partial charge in [0.2, 0.25) is 0 Å². The van der Waals surface area contributed by atoms with Crippen LogP contribution in [0.15, 0.2) is 17.2 Å². The van der Waals surface area contributed by atoms with E-state index in [4.69, 9.17) is 15.0 Å². The minimum atomic E-state index is 0.302. The Morgan fingerprint density at radius 1 is 1.42 bits per heavy atom. The van der Waals surface area contributed by atoms with E-state index in [2.05, 4.69) is 21.9 Å². The summed E-state index contributed by atoms with van der Waals surface area (Å²) in [6.45, 7) is 0.302. The minimum absolute atomic E-state index is 0.302. The number of methoxy groups -OCH3 is 2. The molecule has 1 aromatic rings. The third-order valence-corrected chi connectivity index (χ3v) is 2.26. The van der Waals surface area contributed by atoms with Crippen molar-refractivity contribution in [1.29, 1.82) is 0 Å². The molecule has 0 atom stereocenters. The quantitative estimate of drug-likeness (QED) is 0.203. The summed E-state index contributed by atoms with van der Waals surface area (Å²) in [5.74, 6) is 6.65. The van der Waals surface area contributed by atoms with E-state index in [1.165, 1.54) is 14.2 Å². The molecule has 0 saturated carbocycles. The lowest BCUT2D eigenvalue weighted by atomic mass is 10.1. The van der Waals surface area contributed by atoms with E-state index >= 15 is 0 Å². The number of nitrogens with zero attached hydrogens (tertiary/aromatic N) is 3. The van der Waals surface area contributed by atoms with Crippen molar-refractivity contribution in [3.8, 4) is 23.3 Å². The van der Waals surface area contributed by atoms with Gasteiger partial charge in [0, 0.05) is 23.4 Å². The molecule has 0 heterocycles. The third-order valence-electron chi connectivity index (χ3n) is 2.26. The van der Waals surface area contributed by atoms with E-state index in [-0.39, 0.29) is 0 Å². The Morgan fingerprint density at radius 3 is 2.79 bits per heavy atom. The van der Waals surface area contributed by atoms with Crippen LogP contribution in [0.1, 0.15) is 22.3 Å². The summed E-state index contributed by atoms with van der Waals surface area (Å²) in [6.07, 6.45) is 1.15. The van der Waals surface area contributed by atoms with Crippen LogP contribution in [0, 0.1) is 11.8 Å². The highest BCUT2D eigenvalue weighted by Crippen LogP contribution is 2.31. The first-order chi connectivity index (χ1) is 9.26. The molecule has 0 N–H and O–H groups in total. The lowest BCUT2D eigenvalue weighted by Crippen LogP contribution is -1.96. The number of hydrogen-bond donors (Lipinski definition) is 0. The molecule has 0 aliphatic carbocycles. The topological polar surface area (TPSA) is 84.3 Å². The highest BCUT2D eigenvalue weighted by atomic mass is 16.5. The van der Waals surface area contributed by atoms with Crippen LogP contribution in [0.3, 0.4) is 0 Å². The fourth-order valence-corrected chi connectivity index (χ4v) is 1.45. The molecule has 0 aliphatic heterocycles. The molecule has 0 aromatic heterocycles. The fraction of sp³-hybridized carbons (Fsp3) is 0.308. The van der Waals surface area contributed by atoms with E-state index in [1.54, 1.807) is 12.1 Å². The van der Waals surface area contributed by atoms with E-state index in [0.717, 1.165) is 0 Å². The number of ether oxygens (including phenoxy) is 2. The van der Waals surface area contributed by atoms with Crippen LogP contribution in [0.2, 0.25) is 0 Å². The molecule has 6 heteroatoms. The van der Waals surface area contributed by atoms with Gasteiger partial charge < -0.3 is 9.47 Å². The molecule has 0 amide bonds. The van der Waals surface area contributed by atoms with Crippen LogP contribution < -0.4 is 9.47 Å². The predicted octanol–water partition coefficient (Wildman–Crippen LogP) is 2.57. The van der Waals surface area contributed by atoms with Crippen LogP contribution in [-0.4, -0.2) is 27.1 Å². The molecule has 0 radical (unpaired) electrons. The maximum atomic E-state index is 10.8. The van der Waals surface area contributed by atoms with Crippen LogP contribution in [0.4, 0.5) is 0 Å². The van der Waals surface area contributed by atoms with Crippen molar-refractivity contribution >= 4 is 6.29 Å². The van der Waals surface area contributed by atoms with Crippen molar-refractivity contribution in [2.45, 2.75) is 6.42 Å². The van der Waals surface area contributed by atoms with Gasteiger partial charge in [-0.05, 0) is 17.7 Å². The first-order valence-corrected chi connectivity index (χ1v) is 5.47. The number of hydrogen-bond acceptors (Lipinski definition) is 4. The summed E-state index contributed by atoms with van der Waals surface area (Å²) < 4.78 is 10.4. The third kappa shape index (κ3) is 3.95. The van der Waals surface area contributed by atoms with E-state index < -0.39 is 0 Å². The van der Waals surface area contributed by atoms with Gasteiger partial charge in [-0.15, -0.1) is 0 Å². The average molecular weight is 259 g/mol. The van der Waals surface area contributed by atoms with Gasteiger partial charge in [-0.3, -0.25) is 4.79 Å². The Labute approximate surface area is 111 Å². The number of azide groups is 1. The zero-order chi connectivity index (χ0) is 14.1. The highest BCUT2D eigenvalue weighted by Gasteiger charge is 2.10. The molecule has 0 spiro atoms. The monoisotopic (exact) mass is 259 g/mol. The second-order valence-electron chi connectivity index (χ2n) is 3.43. The number of carbonyl (C=O) groups excluding carboxylic acids is 1. The minimum Gasteiger partial charge on any atom is -0.493 e. The molecule has 98 valence electrons. The van der Waals surface area contributed by atoms with Gasteiger partial charge in [0.15, 0.2) is 11.5 Å². The largest absolute Gasteiger partial charge is 0.493 e. The van der Waals surface area contributed by atoms with Crippen LogP contribution >= 0.6 is 0 Å². The maximum absolute atomic E-state index is 10.8. The van der Waals surface area contributed by atoms with Crippen LogP contribution in [0.5, 0.6) is 11.5 Å². The molecule has 0 aliphatic rings. The van der Waals surface area contributed by atoms with Gasteiger partial charge in [0.1, 0.15) is 6.29 Å². The number of benzene rings is 1. The Bertz CT molecular complexity index is 566. The fourth-order valence-electron chi connectivity index (χ4n) is 1.45. The molecule has 0 saturated heterocycles. The first kappa shape index (κ1) is 14.4. The Balaban J connectivity index is 3.09. The number of aldehydes is 1. The summed E-state index contributed by atoms with van der Waals surface area (Å²) in [4.78, 5) is 13.5. The van der Waals surface area contributed by atoms with Gasteiger partial charge in [0.05, 0.1) is 19.8 Å².